The van der Waals surface area contributed by atoms with Gasteiger partial charge in [0.15, 0.2) is 6.10 Å². The summed E-state index contributed by atoms with van der Waals surface area (Å²) in [6, 6.07) is 7.19. The molecule has 1 atom stereocenters. The second-order valence-electron chi connectivity index (χ2n) is 3.11. The smallest absolute Gasteiger partial charge is 0.337 e. The molecule has 0 saturated heterocycles. The van der Waals surface area contributed by atoms with Crippen LogP contribution in [-0.2, 0) is 9.53 Å². The van der Waals surface area contributed by atoms with E-state index >= 15 is 0 Å². The average molecular weight is 273 g/mol. The summed E-state index contributed by atoms with van der Waals surface area (Å²) in [4.78, 5) is 11.0. The molecule has 0 aliphatic rings. The van der Waals surface area contributed by atoms with E-state index in [1.165, 1.54) is 0 Å². The summed E-state index contributed by atoms with van der Waals surface area (Å²) in [5, 5.41) is 9.03. The molecule has 0 heterocycles. The minimum Gasteiger partial charge on any atom is -0.479 e. The molecule has 1 aromatic carbocycles. The van der Waals surface area contributed by atoms with Crippen LogP contribution in [0.3, 0.4) is 0 Å². The third kappa shape index (κ3) is 3.32. The summed E-state index contributed by atoms with van der Waals surface area (Å²) in [6.07, 6.45) is -0.0886. The van der Waals surface area contributed by atoms with Gasteiger partial charge in [-0.25, -0.2) is 4.79 Å². The molecule has 0 spiro atoms. The molecule has 0 fully saturated rings. The number of rotatable bonds is 5. The van der Waals surface area contributed by atoms with Gasteiger partial charge in [0, 0.05) is 16.6 Å². The Bertz CT molecular complexity index is 338. The molecule has 0 radical (unpaired) electrons. The Morgan fingerprint density at radius 1 is 1.53 bits per heavy atom. The summed E-state index contributed by atoms with van der Waals surface area (Å²) in [7, 11) is 0. The van der Waals surface area contributed by atoms with Gasteiger partial charge in [0.2, 0.25) is 0 Å². The number of carboxylic acids is 1. The number of hydrogen-bond donors (Lipinski definition) is 1. The van der Waals surface area contributed by atoms with Gasteiger partial charge in [-0.15, -0.1) is 0 Å². The lowest BCUT2D eigenvalue weighted by Gasteiger charge is -2.14. The zero-order valence-corrected chi connectivity index (χ0v) is 10.0. The van der Waals surface area contributed by atoms with Crippen molar-refractivity contribution in [2.45, 2.75) is 19.4 Å². The molecule has 0 aromatic heterocycles. The summed E-state index contributed by atoms with van der Waals surface area (Å²) in [5.74, 6) is -0.963. The monoisotopic (exact) mass is 272 g/mol. The van der Waals surface area contributed by atoms with Crippen LogP contribution >= 0.6 is 15.9 Å². The molecule has 15 heavy (non-hydrogen) atoms. The summed E-state index contributed by atoms with van der Waals surface area (Å²) in [6.45, 7) is 2.39. The molecule has 0 aliphatic heterocycles. The van der Waals surface area contributed by atoms with E-state index in [-0.39, 0.29) is 0 Å². The van der Waals surface area contributed by atoms with Crippen LogP contribution in [0, 0.1) is 0 Å². The molecule has 1 unspecified atom stereocenters. The van der Waals surface area contributed by atoms with Crippen LogP contribution in [0.15, 0.2) is 28.7 Å². The van der Waals surface area contributed by atoms with Crippen molar-refractivity contribution in [3.8, 4) is 0 Å². The highest BCUT2D eigenvalue weighted by molar-refractivity contribution is 9.10. The number of benzene rings is 1. The van der Waals surface area contributed by atoms with E-state index in [0.717, 1.165) is 10.9 Å². The van der Waals surface area contributed by atoms with E-state index in [4.69, 9.17) is 9.84 Å². The number of carbonyl (C=O) groups is 1. The van der Waals surface area contributed by atoms with Crippen LogP contribution in [0.1, 0.15) is 25.0 Å². The van der Waals surface area contributed by atoms with Crippen LogP contribution in [0.4, 0.5) is 0 Å². The van der Waals surface area contributed by atoms with Crippen LogP contribution in [0.25, 0.3) is 0 Å². The first-order valence-electron chi connectivity index (χ1n) is 4.75. The predicted octanol–water partition coefficient (Wildman–Crippen LogP) is 3.00. The minimum absolute atomic E-state index is 0.443. The van der Waals surface area contributed by atoms with Gasteiger partial charge in [-0.1, -0.05) is 41.1 Å². The predicted molar refractivity (Wildman–Crippen MR) is 60.8 cm³/mol. The van der Waals surface area contributed by atoms with E-state index in [1.54, 1.807) is 18.2 Å². The van der Waals surface area contributed by atoms with Gasteiger partial charge >= 0.3 is 5.97 Å². The lowest BCUT2D eigenvalue weighted by atomic mass is 10.1. The van der Waals surface area contributed by atoms with E-state index in [1.807, 2.05) is 13.0 Å². The molecular formula is C11H13BrO3. The highest BCUT2D eigenvalue weighted by Gasteiger charge is 2.21. The van der Waals surface area contributed by atoms with Gasteiger partial charge in [0.1, 0.15) is 0 Å². The van der Waals surface area contributed by atoms with E-state index in [2.05, 4.69) is 15.9 Å². The van der Waals surface area contributed by atoms with Gasteiger partial charge in [-0.3, -0.25) is 0 Å². The zero-order chi connectivity index (χ0) is 11.3. The van der Waals surface area contributed by atoms with Crippen LogP contribution in [-0.4, -0.2) is 17.7 Å². The quantitative estimate of drug-likeness (QED) is 0.897. The Kier molecular flexibility index (Phi) is 4.78. The molecule has 1 rings (SSSR count). The van der Waals surface area contributed by atoms with Gasteiger partial charge in [-0.05, 0) is 12.5 Å². The van der Waals surface area contributed by atoms with Crippen molar-refractivity contribution < 1.29 is 14.6 Å². The fourth-order valence-electron chi connectivity index (χ4n) is 1.22. The Balaban J connectivity index is 2.89. The van der Waals surface area contributed by atoms with Crippen molar-refractivity contribution in [3.63, 3.8) is 0 Å². The topological polar surface area (TPSA) is 46.5 Å². The van der Waals surface area contributed by atoms with Crippen molar-refractivity contribution in [1.82, 2.24) is 0 Å². The highest BCUT2D eigenvalue weighted by atomic mass is 79.9. The average Bonchev–Trinajstić information content (AvgIpc) is 2.20. The standard InChI is InChI=1S/C11H13BrO3/c1-2-7-15-10(11(13)14)8-5-3-4-6-9(8)12/h3-6,10H,2,7H2,1H3,(H,13,14). The fraction of sp³-hybridized carbons (Fsp3) is 0.364. The molecule has 0 bridgehead atoms. The van der Waals surface area contributed by atoms with Gasteiger partial charge in [0.05, 0.1) is 0 Å². The van der Waals surface area contributed by atoms with Crippen molar-refractivity contribution in [3.05, 3.63) is 34.3 Å². The lowest BCUT2D eigenvalue weighted by Crippen LogP contribution is -2.16. The molecule has 1 aromatic rings. The molecule has 0 amide bonds. The maximum atomic E-state index is 11.0. The first-order valence-corrected chi connectivity index (χ1v) is 5.55. The van der Waals surface area contributed by atoms with Crippen molar-refractivity contribution in [2.24, 2.45) is 0 Å². The first-order chi connectivity index (χ1) is 7.16. The Hall–Kier alpha value is -0.870. The Labute approximate surface area is 97.2 Å². The van der Waals surface area contributed by atoms with Crippen LogP contribution in [0.2, 0.25) is 0 Å². The maximum Gasteiger partial charge on any atom is 0.337 e. The second kappa shape index (κ2) is 5.88. The largest absolute Gasteiger partial charge is 0.479 e. The Morgan fingerprint density at radius 2 is 2.20 bits per heavy atom. The molecule has 0 aliphatic carbocycles. The number of carboxylic acid groups (broad SMARTS) is 1. The normalized spacial score (nSPS) is 12.4. The van der Waals surface area contributed by atoms with E-state index < -0.39 is 12.1 Å². The molecule has 3 nitrogen and oxygen atoms in total. The third-order valence-corrected chi connectivity index (χ3v) is 2.62. The number of hydrogen-bond acceptors (Lipinski definition) is 2. The molecular weight excluding hydrogens is 260 g/mol. The van der Waals surface area contributed by atoms with Crippen LogP contribution in [0.5, 0.6) is 0 Å². The summed E-state index contributed by atoms with van der Waals surface area (Å²) in [5.41, 5.74) is 0.651. The molecule has 82 valence electrons. The van der Waals surface area contributed by atoms with Crippen molar-refractivity contribution in [2.75, 3.05) is 6.61 Å². The van der Waals surface area contributed by atoms with Gasteiger partial charge < -0.3 is 9.84 Å². The summed E-state index contributed by atoms with van der Waals surface area (Å²) < 4.78 is 6.05. The number of aliphatic carboxylic acids is 1. The minimum atomic E-state index is -0.963. The highest BCUT2D eigenvalue weighted by Crippen LogP contribution is 2.26. The van der Waals surface area contributed by atoms with Crippen molar-refractivity contribution in [1.29, 1.82) is 0 Å². The van der Waals surface area contributed by atoms with E-state index in [9.17, 15) is 4.79 Å². The second-order valence-corrected chi connectivity index (χ2v) is 3.96. The first kappa shape index (κ1) is 12.2. The third-order valence-electron chi connectivity index (χ3n) is 1.90. The molecule has 1 N–H and O–H groups in total. The van der Waals surface area contributed by atoms with Gasteiger partial charge in [-0.2, -0.15) is 0 Å². The molecule has 0 saturated carbocycles. The van der Waals surface area contributed by atoms with Crippen molar-refractivity contribution >= 4 is 21.9 Å². The number of ether oxygens (including phenoxy) is 1. The lowest BCUT2D eigenvalue weighted by molar-refractivity contribution is -0.151. The van der Waals surface area contributed by atoms with E-state index in [0.29, 0.717) is 12.2 Å². The van der Waals surface area contributed by atoms with Gasteiger partial charge in [0.25, 0.3) is 0 Å². The summed E-state index contributed by atoms with van der Waals surface area (Å²) >= 11 is 3.31. The van der Waals surface area contributed by atoms with Crippen LogP contribution < -0.4 is 0 Å². The number of halogens is 1. The Morgan fingerprint density at radius 3 is 2.73 bits per heavy atom. The molecule has 4 heteroatoms. The fourth-order valence-corrected chi connectivity index (χ4v) is 1.71. The zero-order valence-electron chi connectivity index (χ0n) is 8.44. The SMILES string of the molecule is CCCOC(C(=O)O)c1ccccc1Br. The maximum absolute atomic E-state index is 11.0.